The van der Waals surface area contributed by atoms with Crippen molar-refractivity contribution < 1.29 is 38.9 Å². The lowest BCUT2D eigenvalue weighted by atomic mass is 10.1. The average molecular weight is 364 g/mol. The molecule has 8 nitrogen and oxygen atoms in total. The summed E-state index contributed by atoms with van der Waals surface area (Å²) >= 11 is 0. The van der Waals surface area contributed by atoms with E-state index in [4.69, 9.17) is 19.7 Å². The zero-order valence-electron chi connectivity index (χ0n) is 14.1. The number of ether oxygens (including phenoxy) is 2. The molecule has 0 saturated heterocycles. The SMILES string of the molecule is C=CCOC(=O)c1ccccc1C(=O)OCC=C.O=C(O)CCC(=O)O. The van der Waals surface area contributed by atoms with E-state index in [0.29, 0.717) is 0 Å². The molecule has 26 heavy (non-hydrogen) atoms. The Bertz CT molecular complexity index is 606. The molecule has 0 heterocycles. The molecule has 0 aliphatic carbocycles. The fourth-order valence-electron chi connectivity index (χ4n) is 1.48. The van der Waals surface area contributed by atoms with Crippen LogP contribution < -0.4 is 0 Å². The minimum absolute atomic E-state index is 0.0921. The summed E-state index contributed by atoms with van der Waals surface area (Å²) in [4.78, 5) is 42.7. The normalized spacial score (nSPS) is 9.08. The van der Waals surface area contributed by atoms with Crippen LogP contribution in [0.15, 0.2) is 49.6 Å². The lowest BCUT2D eigenvalue weighted by Gasteiger charge is -2.07. The fourth-order valence-corrected chi connectivity index (χ4v) is 1.48. The molecule has 0 radical (unpaired) electrons. The van der Waals surface area contributed by atoms with E-state index in [1.807, 2.05) is 0 Å². The highest BCUT2D eigenvalue weighted by Gasteiger charge is 2.18. The molecule has 0 aliphatic heterocycles. The quantitative estimate of drug-likeness (QED) is 0.505. The standard InChI is InChI=1S/C14H14O4.C4H6O4/c1-3-9-17-13(15)11-7-5-6-8-12(11)14(16)18-10-4-2;5-3(6)1-2-4(7)8/h3-8H,1-2,9-10H2;1-2H2,(H,5,6)(H,7,8). The van der Waals surface area contributed by atoms with E-state index in [-0.39, 0.29) is 37.2 Å². The smallest absolute Gasteiger partial charge is 0.339 e. The Kier molecular flexibility index (Phi) is 11.2. The van der Waals surface area contributed by atoms with Gasteiger partial charge in [0.05, 0.1) is 24.0 Å². The van der Waals surface area contributed by atoms with Crippen LogP contribution in [-0.4, -0.2) is 47.3 Å². The summed E-state index contributed by atoms with van der Waals surface area (Å²) in [6.07, 6.45) is 2.32. The van der Waals surface area contributed by atoms with Crippen molar-refractivity contribution in [3.05, 3.63) is 60.7 Å². The van der Waals surface area contributed by atoms with Crippen LogP contribution in [0.25, 0.3) is 0 Å². The highest BCUT2D eigenvalue weighted by molar-refractivity contribution is 6.03. The van der Waals surface area contributed by atoms with Gasteiger partial charge in [-0.1, -0.05) is 37.4 Å². The number of aliphatic carboxylic acids is 2. The first-order valence-electron chi connectivity index (χ1n) is 7.42. The Hall–Kier alpha value is -3.42. The second-order valence-corrected chi connectivity index (χ2v) is 4.61. The summed E-state index contributed by atoms with van der Waals surface area (Å²) < 4.78 is 9.78. The first-order valence-corrected chi connectivity index (χ1v) is 7.42. The topological polar surface area (TPSA) is 127 Å². The first-order chi connectivity index (χ1) is 12.3. The van der Waals surface area contributed by atoms with Crippen LogP contribution in [0.4, 0.5) is 0 Å². The predicted molar refractivity (Wildman–Crippen MR) is 91.9 cm³/mol. The molecule has 0 aliphatic rings. The maximum atomic E-state index is 11.7. The second kappa shape index (κ2) is 12.9. The van der Waals surface area contributed by atoms with Crippen molar-refractivity contribution in [2.75, 3.05) is 13.2 Å². The number of carboxylic acids is 2. The molecular weight excluding hydrogens is 344 g/mol. The zero-order valence-corrected chi connectivity index (χ0v) is 14.1. The Labute approximate surface area is 150 Å². The lowest BCUT2D eigenvalue weighted by molar-refractivity contribution is -0.143. The molecule has 2 N–H and O–H groups in total. The van der Waals surface area contributed by atoms with Crippen LogP contribution in [0.5, 0.6) is 0 Å². The summed E-state index contributed by atoms with van der Waals surface area (Å²) in [6.45, 7) is 7.07. The second-order valence-electron chi connectivity index (χ2n) is 4.61. The van der Waals surface area contributed by atoms with E-state index in [1.54, 1.807) is 12.1 Å². The summed E-state index contributed by atoms with van der Waals surface area (Å²) in [5.41, 5.74) is 0.349. The first kappa shape index (κ1) is 22.6. The molecule has 140 valence electrons. The van der Waals surface area contributed by atoms with E-state index in [2.05, 4.69) is 13.2 Å². The van der Waals surface area contributed by atoms with Gasteiger partial charge in [-0.15, -0.1) is 0 Å². The third-order valence-corrected chi connectivity index (χ3v) is 2.58. The molecule has 0 spiro atoms. The van der Waals surface area contributed by atoms with Gasteiger partial charge in [-0.25, -0.2) is 9.59 Å². The van der Waals surface area contributed by atoms with Crippen LogP contribution in [0.3, 0.4) is 0 Å². The van der Waals surface area contributed by atoms with Crippen molar-refractivity contribution in [2.45, 2.75) is 12.8 Å². The molecule has 8 heteroatoms. The molecule has 1 aromatic carbocycles. The number of esters is 2. The van der Waals surface area contributed by atoms with Crippen LogP contribution >= 0.6 is 0 Å². The number of carbonyl (C=O) groups excluding carboxylic acids is 2. The summed E-state index contributed by atoms with van der Waals surface area (Å²) in [5, 5.41) is 15.8. The number of hydrogen-bond donors (Lipinski definition) is 2. The highest BCUT2D eigenvalue weighted by Crippen LogP contribution is 2.12. The number of benzene rings is 1. The molecule has 0 aromatic heterocycles. The van der Waals surface area contributed by atoms with Crippen LogP contribution in [0.2, 0.25) is 0 Å². The van der Waals surface area contributed by atoms with Gasteiger partial charge in [0.1, 0.15) is 13.2 Å². The van der Waals surface area contributed by atoms with Crippen LogP contribution in [0.1, 0.15) is 33.6 Å². The van der Waals surface area contributed by atoms with Gasteiger partial charge in [0.2, 0.25) is 0 Å². The van der Waals surface area contributed by atoms with Gasteiger partial charge < -0.3 is 19.7 Å². The summed E-state index contributed by atoms with van der Waals surface area (Å²) in [6, 6.07) is 6.31. The Balaban J connectivity index is 0.000000660. The van der Waals surface area contributed by atoms with Crippen molar-refractivity contribution >= 4 is 23.9 Å². The minimum atomic E-state index is -1.08. The van der Waals surface area contributed by atoms with Crippen LogP contribution in [-0.2, 0) is 19.1 Å². The van der Waals surface area contributed by atoms with Gasteiger partial charge in [-0.3, -0.25) is 9.59 Å². The van der Waals surface area contributed by atoms with Gasteiger partial charge in [0.25, 0.3) is 0 Å². The van der Waals surface area contributed by atoms with E-state index >= 15 is 0 Å². The zero-order chi connectivity index (χ0) is 19.9. The molecule has 1 aromatic rings. The summed E-state index contributed by atoms with van der Waals surface area (Å²) in [7, 11) is 0. The van der Waals surface area contributed by atoms with E-state index in [9.17, 15) is 19.2 Å². The molecule has 0 fully saturated rings. The molecule has 1 rings (SSSR count). The summed E-state index contributed by atoms with van der Waals surface area (Å²) in [5.74, 6) is -3.32. The number of carbonyl (C=O) groups is 4. The van der Waals surface area contributed by atoms with Crippen molar-refractivity contribution in [1.29, 1.82) is 0 Å². The number of hydrogen-bond acceptors (Lipinski definition) is 6. The number of rotatable bonds is 9. The molecule has 0 amide bonds. The average Bonchev–Trinajstić information content (AvgIpc) is 2.63. The fraction of sp³-hybridized carbons (Fsp3) is 0.222. The highest BCUT2D eigenvalue weighted by atomic mass is 16.5. The Morgan fingerprint density at radius 2 is 1.15 bits per heavy atom. The molecule has 0 unspecified atom stereocenters. The van der Waals surface area contributed by atoms with Crippen molar-refractivity contribution in [3.63, 3.8) is 0 Å². The maximum absolute atomic E-state index is 11.7. The van der Waals surface area contributed by atoms with E-state index in [0.717, 1.165) is 0 Å². The number of carboxylic acid groups (broad SMARTS) is 2. The predicted octanol–water partition coefficient (Wildman–Crippen LogP) is 2.31. The Morgan fingerprint density at radius 1 is 0.808 bits per heavy atom. The van der Waals surface area contributed by atoms with Gasteiger partial charge >= 0.3 is 23.9 Å². The van der Waals surface area contributed by atoms with Crippen molar-refractivity contribution in [1.82, 2.24) is 0 Å². The minimum Gasteiger partial charge on any atom is -0.481 e. The van der Waals surface area contributed by atoms with Crippen molar-refractivity contribution in [2.24, 2.45) is 0 Å². The van der Waals surface area contributed by atoms with E-state index in [1.165, 1.54) is 24.3 Å². The molecule has 0 atom stereocenters. The van der Waals surface area contributed by atoms with Gasteiger partial charge in [-0.05, 0) is 12.1 Å². The lowest BCUT2D eigenvalue weighted by Crippen LogP contribution is -2.14. The maximum Gasteiger partial charge on any atom is 0.339 e. The van der Waals surface area contributed by atoms with Gasteiger partial charge in [-0.2, -0.15) is 0 Å². The van der Waals surface area contributed by atoms with Gasteiger partial charge in [0.15, 0.2) is 0 Å². The van der Waals surface area contributed by atoms with Crippen molar-refractivity contribution in [3.8, 4) is 0 Å². The third kappa shape index (κ3) is 9.66. The molecular formula is C18H20O8. The molecule has 0 bridgehead atoms. The van der Waals surface area contributed by atoms with E-state index < -0.39 is 23.9 Å². The van der Waals surface area contributed by atoms with Gasteiger partial charge in [0, 0.05) is 0 Å². The monoisotopic (exact) mass is 364 g/mol. The Morgan fingerprint density at radius 3 is 1.42 bits per heavy atom. The largest absolute Gasteiger partial charge is 0.481 e. The third-order valence-electron chi connectivity index (χ3n) is 2.58. The van der Waals surface area contributed by atoms with Crippen LogP contribution in [0, 0.1) is 0 Å². The molecule has 0 saturated carbocycles.